The van der Waals surface area contributed by atoms with Crippen LogP contribution in [0.25, 0.3) is 0 Å². The number of rotatable bonds is 0. The summed E-state index contributed by atoms with van der Waals surface area (Å²) in [5, 5.41) is 0. The number of hydrogen-bond acceptors (Lipinski definition) is 0. The summed E-state index contributed by atoms with van der Waals surface area (Å²) in [4.78, 5) is 0. The monoisotopic (exact) mass is 113 g/mol. The summed E-state index contributed by atoms with van der Waals surface area (Å²) in [6, 6.07) is 0. The van der Waals surface area contributed by atoms with Crippen LogP contribution in [0.15, 0.2) is 12.7 Å². The van der Waals surface area contributed by atoms with Crippen molar-refractivity contribution < 1.29 is 17.1 Å². The zero-order valence-corrected chi connectivity index (χ0v) is 3.53. The van der Waals surface area contributed by atoms with Gasteiger partial charge in [-0.25, -0.2) is 0 Å². The molecule has 0 heterocycles. The molecule has 0 aromatic carbocycles. The van der Waals surface area contributed by atoms with Crippen LogP contribution in [-0.2, 0) is 17.1 Å². The fourth-order valence-corrected chi connectivity index (χ4v) is 0. The van der Waals surface area contributed by atoms with Crippen LogP contribution < -0.4 is 0 Å². The Balaban J connectivity index is -0.0000000200. The van der Waals surface area contributed by atoms with Crippen LogP contribution in [-0.4, -0.2) is 18.9 Å². The molecule has 0 bridgehead atoms. The summed E-state index contributed by atoms with van der Waals surface area (Å²) in [7, 11) is 0. The Hall–Kier alpha value is 0.857. The summed E-state index contributed by atoms with van der Waals surface area (Å²) >= 11 is 0. The average Bonchev–Trinajstić information content (AvgIpc) is 0.918. The summed E-state index contributed by atoms with van der Waals surface area (Å²) in [6.45, 7) is 5.25. The van der Waals surface area contributed by atoms with Crippen LogP contribution in [0.3, 0.4) is 0 Å². The molecule has 0 rings (SSSR count). The van der Waals surface area contributed by atoms with Crippen molar-refractivity contribution >= 4 is 18.9 Å². The van der Waals surface area contributed by atoms with E-state index in [0.717, 1.165) is 0 Å². The zero-order valence-electron chi connectivity index (χ0n) is 2.59. The molecule has 0 nitrogen and oxygen atoms in total. The number of allylic oxidation sites excluding steroid dienone is 1. The summed E-state index contributed by atoms with van der Waals surface area (Å²) < 4.78 is 0. The van der Waals surface area contributed by atoms with Gasteiger partial charge in [0.25, 0.3) is 0 Å². The summed E-state index contributed by atoms with van der Waals surface area (Å²) in [6.07, 6.45) is 1.75. The standard InChI is InChI=1S/C3H6.Cu.Li.H/c1-3-2;;;/h3H,1H2,2H3;;;. The van der Waals surface area contributed by atoms with Gasteiger partial charge in [-0.15, -0.1) is 6.58 Å². The van der Waals surface area contributed by atoms with Gasteiger partial charge in [0.2, 0.25) is 0 Å². The first-order chi connectivity index (χ1) is 1.41. The molecule has 0 aliphatic heterocycles. The minimum absolute atomic E-state index is 0. The van der Waals surface area contributed by atoms with E-state index in [1.165, 1.54) is 0 Å². The van der Waals surface area contributed by atoms with Crippen LogP contribution in [0.4, 0.5) is 0 Å². The van der Waals surface area contributed by atoms with Crippen LogP contribution in [0.1, 0.15) is 6.92 Å². The van der Waals surface area contributed by atoms with E-state index in [9.17, 15) is 0 Å². The first kappa shape index (κ1) is 16.9. The maximum atomic E-state index is 3.36. The Labute approximate surface area is 55.7 Å². The molecule has 0 aromatic heterocycles. The molecule has 0 fully saturated rings. The molecule has 31 valence electrons. The van der Waals surface area contributed by atoms with Gasteiger partial charge in [0.05, 0.1) is 0 Å². The fraction of sp³-hybridized carbons (Fsp3) is 0.333. The Kier molecular flexibility index (Phi) is 70.9. The molecule has 0 atom stereocenters. The van der Waals surface area contributed by atoms with Crippen molar-refractivity contribution in [2.24, 2.45) is 0 Å². The van der Waals surface area contributed by atoms with E-state index in [1.54, 1.807) is 6.08 Å². The van der Waals surface area contributed by atoms with E-state index in [-0.39, 0.29) is 35.9 Å². The van der Waals surface area contributed by atoms with E-state index in [4.69, 9.17) is 0 Å². The SMILES string of the molecule is C=CC.[Cu].[LiH]. The molecule has 0 N–H and O–H groups in total. The minimum atomic E-state index is 0. The van der Waals surface area contributed by atoms with Gasteiger partial charge < -0.3 is 0 Å². The van der Waals surface area contributed by atoms with Gasteiger partial charge in [-0.1, -0.05) is 6.08 Å². The quantitative estimate of drug-likeness (QED) is 0.318. The van der Waals surface area contributed by atoms with Crippen molar-refractivity contribution in [3.63, 3.8) is 0 Å². The Morgan fingerprint density at radius 3 is 1.60 bits per heavy atom. The molecule has 0 unspecified atom stereocenters. The zero-order chi connectivity index (χ0) is 2.71. The third-order valence-electron chi connectivity index (χ3n) is 0. The van der Waals surface area contributed by atoms with Gasteiger partial charge in [0.1, 0.15) is 0 Å². The molecule has 0 spiro atoms. The molecule has 2 heteroatoms. The normalized spacial score (nSPS) is 2.60. The third kappa shape index (κ3) is 54.0. The second-order valence-corrected chi connectivity index (χ2v) is 0.408. The van der Waals surface area contributed by atoms with E-state index >= 15 is 0 Å². The molecule has 5 heavy (non-hydrogen) atoms. The first-order valence-electron chi connectivity index (χ1n) is 0.986. The van der Waals surface area contributed by atoms with Crippen molar-refractivity contribution in [3.05, 3.63) is 12.7 Å². The Bertz CT molecular complexity index is 14.4. The van der Waals surface area contributed by atoms with E-state index < -0.39 is 0 Å². The number of hydrogen-bond donors (Lipinski definition) is 0. The first-order valence-corrected chi connectivity index (χ1v) is 0.986. The molecular weight excluding hydrogens is 107 g/mol. The third-order valence-corrected chi connectivity index (χ3v) is 0. The second-order valence-electron chi connectivity index (χ2n) is 0.408. The summed E-state index contributed by atoms with van der Waals surface area (Å²) in [5.41, 5.74) is 0. The van der Waals surface area contributed by atoms with Crippen molar-refractivity contribution in [2.75, 3.05) is 0 Å². The van der Waals surface area contributed by atoms with Crippen LogP contribution in [0.2, 0.25) is 0 Å². The topological polar surface area (TPSA) is 0 Å². The van der Waals surface area contributed by atoms with E-state index in [1.807, 2.05) is 6.92 Å². The second kappa shape index (κ2) is 21.0. The Morgan fingerprint density at radius 1 is 1.60 bits per heavy atom. The van der Waals surface area contributed by atoms with Crippen molar-refractivity contribution in [3.8, 4) is 0 Å². The Morgan fingerprint density at radius 2 is 1.60 bits per heavy atom. The van der Waals surface area contributed by atoms with Gasteiger partial charge in [-0.05, 0) is 6.92 Å². The molecule has 0 aliphatic carbocycles. The van der Waals surface area contributed by atoms with Crippen LogP contribution in [0.5, 0.6) is 0 Å². The predicted octanol–water partition coefficient (Wildman–Crippen LogP) is 0.541. The average molecular weight is 114 g/mol. The van der Waals surface area contributed by atoms with Crippen molar-refractivity contribution in [1.82, 2.24) is 0 Å². The maximum absolute atomic E-state index is 3.36. The van der Waals surface area contributed by atoms with Crippen molar-refractivity contribution in [1.29, 1.82) is 0 Å². The molecular formula is C3H7CuLi. The van der Waals surface area contributed by atoms with E-state index in [0.29, 0.717) is 0 Å². The molecule has 1 radical (unpaired) electrons. The molecule has 0 saturated heterocycles. The fourth-order valence-electron chi connectivity index (χ4n) is 0. The predicted molar refractivity (Wildman–Crippen MR) is 23.0 cm³/mol. The molecule has 0 amide bonds. The molecule has 0 aliphatic rings. The van der Waals surface area contributed by atoms with Crippen molar-refractivity contribution in [2.45, 2.75) is 6.92 Å². The molecule has 0 saturated carbocycles. The summed E-state index contributed by atoms with van der Waals surface area (Å²) in [5.74, 6) is 0. The van der Waals surface area contributed by atoms with Crippen LogP contribution in [0, 0.1) is 0 Å². The van der Waals surface area contributed by atoms with Gasteiger partial charge in [-0.3, -0.25) is 0 Å². The molecule has 0 aromatic rings. The van der Waals surface area contributed by atoms with Gasteiger partial charge in [-0.2, -0.15) is 0 Å². The van der Waals surface area contributed by atoms with Gasteiger partial charge >= 0.3 is 18.9 Å². The van der Waals surface area contributed by atoms with Gasteiger partial charge in [0, 0.05) is 17.1 Å². The van der Waals surface area contributed by atoms with Gasteiger partial charge in [0.15, 0.2) is 0 Å². The van der Waals surface area contributed by atoms with Crippen LogP contribution >= 0.6 is 0 Å². The van der Waals surface area contributed by atoms with E-state index in [2.05, 4.69) is 6.58 Å².